The third kappa shape index (κ3) is 2.83. The van der Waals surface area contributed by atoms with E-state index >= 15 is 0 Å². The van der Waals surface area contributed by atoms with Gasteiger partial charge in [-0.05, 0) is 58.3 Å². The highest BCUT2D eigenvalue weighted by Gasteiger charge is 2.53. The first-order valence-electron chi connectivity index (χ1n) is 11.0. The zero-order valence-electron chi connectivity index (χ0n) is 17.3. The maximum absolute atomic E-state index is 13.0. The Hall–Kier alpha value is -1.69. The molecule has 28 heavy (non-hydrogen) atoms. The van der Waals surface area contributed by atoms with Crippen molar-refractivity contribution in [2.45, 2.75) is 63.7 Å². The summed E-state index contributed by atoms with van der Waals surface area (Å²) in [6.45, 7) is 6.56. The highest BCUT2D eigenvalue weighted by Crippen LogP contribution is 2.51. The smallest absolute Gasteiger partial charge is 0.231 e. The Balaban J connectivity index is 1.36. The van der Waals surface area contributed by atoms with Crippen LogP contribution in [0.25, 0.3) is 0 Å². The van der Waals surface area contributed by atoms with Gasteiger partial charge in [-0.25, -0.2) is 9.97 Å². The third-order valence-corrected chi connectivity index (χ3v) is 7.59. The molecule has 2 aliphatic heterocycles. The highest BCUT2D eigenvalue weighted by atomic mass is 16.5. The summed E-state index contributed by atoms with van der Waals surface area (Å²) >= 11 is 0. The topological polar surface area (TPSA) is 58.6 Å². The van der Waals surface area contributed by atoms with Crippen molar-refractivity contribution in [1.29, 1.82) is 0 Å². The summed E-state index contributed by atoms with van der Waals surface area (Å²) in [7, 11) is 1.70. The number of aromatic nitrogens is 2. The Labute approximate surface area is 167 Å². The number of nitrogens with zero attached hydrogens (tertiary/aromatic N) is 4. The van der Waals surface area contributed by atoms with Gasteiger partial charge in [-0.15, -0.1) is 0 Å². The number of rotatable bonds is 4. The van der Waals surface area contributed by atoms with Crippen LogP contribution in [0.3, 0.4) is 0 Å². The van der Waals surface area contributed by atoms with Gasteiger partial charge < -0.3 is 14.5 Å². The number of carbonyl (C=O) groups excluding carboxylic acids is 1. The van der Waals surface area contributed by atoms with Gasteiger partial charge in [0.15, 0.2) is 0 Å². The van der Waals surface area contributed by atoms with Crippen LogP contribution in [0.5, 0.6) is 0 Å². The molecule has 4 aliphatic rings. The van der Waals surface area contributed by atoms with Gasteiger partial charge in [0.05, 0.1) is 17.7 Å². The first-order valence-corrected chi connectivity index (χ1v) is 11.0. The zero-order chi connectivity index (χ0) is 19.4. The molecule has 0 aromatic carbocycles. The van der Waals surface area contributed by atoms with E-state index in [9.17, 15) is 4.79 Å². The number of methoxy groups -OCH3 is 1. The fourth-order valence-electron chi connectivity index (χ4n) is 5.73. The summed E-state index contributed by atoms with van der Waals surface area (Å²) in [5.41, 5.74) is 2.62. The SMILES string of the molecule is COCC1(C(=O)N2CCC3(CCc4c(N5CCCC5)nc(C)nc43)CC2)CC1. The van der Waals surface area contributed by atoms with Crippen LogP contribution in [0, 0.1) is 12.3 Å². The van der Waals surface area contributed by atoms with Crippen molar-refractivity contribution in [3.8, 4) is 0 Å². The van der Waals surface area contributed by atoms with Crippen LogP contribution < -0.4 is 4.90 Å². The van der Waals surface area contributed by atoms with Crippen LogP contribution in [0.4, 0.5) is 5.82 Å². The molecule has 1 aromatic rings. The van der Waals surface area contributed by atoms with E-state index in [2.05, 4.69) is 9.80 Å². The van der Waals surface area contributed by atoms with Gasteiger partial charge in [-0.2, -0.15) is 0 Å². The Bertz CT molecular complexity index is 775. The summed E-state index contributed by atoms with van der Waals surface area (Å²) < 4.78 is 5.33. The number of ether oxygens (including phenoxy) is 1. The number of amides is 1. The van der Waals surface area contributed by atoms with E-state index in [1.165, 1.54) is 29.9 Å². The number of piperidine rings is 1. The molecule has 0 unspecified atom stereocenters. The van der Waals surface area contributed by atoms with Crippen LogP contribution in [-0.2, 0) is 21.4 Å². The first kappa shape index (κ1) is 18.3. The lowest BCUT2D eigenvalue weighted by molar-refractivity contribution is -0.140. The summed E-state index contributed by atoms with van der Waals surface area (Å²) in [5.74, 6) is 2.42. The van der Waals surface area contributed by atoms with Crippen LogP contribution in [0.1, 0.15) is 62.0 Å². The van der Waals surface area contributed by atoms with Gasteiger partial charge in [-0.1, -0.05) is 0 Å². The molecule has 2 saturated heterocycles. The molecule has 1 saturated carbocycles. The van der Waals surface area contributed by atoms with Crippen molar-refractivity contribution in [1.82, 2.24) is 14.9 Å². The largest absolute Gasteiger partial charge is 0.384 e. The lowest BCUT2D eigenvalue weighted by atomic mass is 9.76. The number of likely N-dealkylation sites (tertiary alicyclic amines) is 1. The fourth-order valence-corrected chi connectivity index (χ4v) is 5.73. The molecule has 0 radical (unpaired) electrons. The second kappa shape index (κ2) is 6.68. The third-order valence-electron chi connectivity index (χ3n) is 7.59. The molecule has 1 aromatic heterocycles. The van der Waals surface area contributed by atoms with Gasteiger partial charge >= 0.3 is 0 Å². The number of fused-ring (bicyclic) bond motifs is 2. The molecule has 5 rings (SSSR count). The molecule has 6 nitrogen and oxygen atoms in total. The summed E-state index contributed by atoms with van der Waals surface area (Å²) in [6, 6.07) is 0. The van der Waals surface area contributed by atoms with Gasteiger partial charge in [0, 0.05) is 44.3 Å². The number of anilines is 1. The fraction of sp³-hybridized carbons (Fsp3) is 0.773. The molecule has 6 heteroatoms. The molecular weight excluding hydrogens is 352 g/mol. The highest BCUT2D eigenvalue weighted by molar-refractivity contribution is 5.85. The van der Waals surface area contributed by atoms with Crippen LogP contribution in [0.2, 0.25) is 0 Å². The number of hydrogen-bond donors (Lipinski definition) is 0. The second-order valence-corrected chi connectivity index (χ2v) is 9.40. The lowest BCUT2D eigenvalue weighted by Crippen LogP contribution is -2.48. The van der Waals surface area contributed by atoms with Crippen molar-refractivity contribution >= 4 is 11.7 Å². The van der Waals surface area contributed by atoms with Crippen LogP contribution >= 0.6 is 0 Å². The molecule has 0 bridgehead atoms. The molecule has 0 N–H and O–H groups in total. The van der Waals surface area contributed by atoms with Crippen molar-refractivity contribution < 1.29 is 9.53 Å². The molecule has 3 heterocycles. The number of hydrogen-bond acceptors (Lipinski definition) is 5. The van der Waals surface area contributed by atoms with Gasteiger partial charge in [-0.3, -0.25) is 4.79 Å². The minimum Gasteiger partial charge on any atom is -0.384 e. The quantitative estimate of drug-likeness (QED) is 0.799. The Morgan fingerprint density at radius 3 is 2.39 bits per heavy atom. The Kier molecular flexibility index (Phi) is 4.38. The molecule has 2 aliphatic carbocycles. The van der Waals surface area contributed by atoms with E-state index in [4.69, 9.17) is 14.7 Å². The average molecular weight is 385 g/mol. The standard InChI is InChI=1S/C22H32N4O2/c1-16-23-18-17(19(24-16)25-11-3-4-12-25)5-6-21(18)9-13-26(14-10-21)20(27)22(7-8-22)15-28-2/h3-15H2,1-2H3. The van der Waals surface area contributed by atoms with Gasteiger partial charge in [0.2, 0.25) is 5.91 Å². The molecule has 3 fully saturated rings. The maximum atomic E-state index is 13.0. The Morgan fingerprint density at radius 2 is 1.75 bits per heavy atom. The van der Waals surface area contributed by atoms with Gasteiger partial charge in [0.1, 0.15) is 11.6 Å². The summed E-state index contributed by atoms with van der Waals surface area (Å²) in [6.07, 6.45) is 8.81. The maximum Gasteiger partial charge on any atom is 0.231 e. The van der Waals surface area contributed by atoms with E-state index < -0.39 is 0 Å². The first-order chi connectivity index (χ1) is 13.6. The van der Waals surface area contributed by atoms with Gasteiger partial charge in [0.25, 0.3) is 0 Å². The second-order valence-electron chi connectivity index (χ2n) is 9.40. The van der Waals surface area contributed by atoms with Crippen molar-refractivity contribution in [3.63, 3.8) is 0 Å². The molecule has 152 valence electrons. The van der Waals surface area contributed by atoms with E-state index in [0.717, 1.165) is 70.5 Å². The van der Waals surface area contributed by atoms with Crippen molar-refractivity contribution in [2.75, 3.05) is 44.8 Å². The van der Waals surface area contributed by atoms with E-state index in [0.29, 0.717) is 12.5 Å². The van der Waals surface area contributed by atoms with E-state index in [1.807, 2.05) is 6.92 Å². The van der Waals surface area contributed by atoms with Crippen molar-refractivity contribution in [3.05, 3.63) is 17.1 Å². The van der Waals surface area contributed by atoms with Crippen LogP contribution in [0.15, 0.2) is 0 Å². The lowest BCUT2D eigenvalue weighted by Gasteiger charge is -2.40. The average Bonchev–Trinajstić information content (AvgIpc) is 3.13. The van der Waals surface area contributed by atoms with Crippen molar-refractivity contribution in [2.24, 2.45) is 5.41 Å². The monoisotopic (exact) mass is 384 g/mol. The van der Waals surface area contributed by atoms with Crippen LogP contribution in [-0.4, -0.2) is 60.7 Å². The summed E-state index contributed by atoms with van der Waals surface area (Å²) in [5, 5.41) is 0. The molecule has 0 atom stereocenters. The minimum atomic E-state index is -0.214. The molecule has 1 amide bonds. The minimum absolute atomic E-state index is 0.145. The predicted octanol–water partition coefficient (Wildman–Crippen LogP) is 2.62. The molecule has 1 spiro atoms. The number of aryl methyl sites for hydroxylation is 1. The predicted molar refractivity (Wildman–Crippen MR) is 108 cm³/mol. The molecular formula is C22H32N4O2. The normalized spacial score (nSPS) is 24.6. The summed E-state index contributed by atoms with van der Waals surface area (Å²) in [4.78, 5) is 27.4. The van der Waals surface area contributed by atoms with E-state index in [1.54, 1.807) is 7.11 Å². The zero-order valence-corrected chi connectivity index (χ0v) is 17.3. The number of carbonyl (C=O) groups is 1. The van der Waals surface area contributed by atoms with E-state index in [-0.39, 0.29) is 10.8 Å². The Morgan fingerprint density at radius 1 is 1.04 bits per heavy atom.